The van der Waals surface area contributed by atoms with E-state index in [9.17, 15) is 8.42 Å². The number of hydrogen-bond donors (Lipinski definition) is 1. The van der Waals surface area contributed by atoms with Crippen molar-refractivity contribution in [2.45, 2.75) is 4.90 Å². The Bertz CT molecular complexity index is 472. The van der Waals surface area contributed by atoms with Gasteiger partial charge in [-0.3, -0.25) is 0 Å². The minimum atomic E-state index is -3.86. The third-order valence-electron chi connectivity index (χ3n) is 1.74. The molecule has 0 unspecified atom stereocenters. The number of hydrogen-bond acceptors (Lipinski definition) is 4. The molecule has 0 fully saturated rings. The molecule has 84 valence electrons. The molecule has 7 heteroatoms. The highest BCUT2D eigenvalue weighted by molar-refractivity contribution is 7.89. The van der Waals surface area contributed by atoms with Crippen molar-refractivity contribution in [3.05, 3.63) is 17.2 Å². The molecular formula is C8H10ClNO4S. The van der Waals surface area contributed by atoms with Gasteiger partial charge in [0.15, 0.2) is 11.5 Å². The average Bonchev–Trinajstić information content (AvgIpc) is 2.15. The molecule has 0 aromatic heterocycles. The van der Waals surface area contributed by atoms with Gasteiger partial charge < -0.3 is 9.47 Å². The first-order chi connectivity index (χ1) is 6.90. The maximum absolute atomic E-state index is 11.1. The third kappa shape index (κ3) is 2.53. The van der Waals surface area contributed by atoms with Crippen LogP contribution in [0.2, 0.25) is 5.02 Å². The first kappa shape index (κ1) is 12.1. The predicted molar refractivity (Wildman–Crippen MR) is 55.9 cm³/mol. The van der Waals surface area contributed by atoms with Crippen molar-refractivity contribution in [2.75, 3.05) is 14.2 Å². The monoisotopic (exact) mass is 251 g/mol. The molecule has 0 bridgehead atoms. The highest BCUT2D eigenvalue weighted by Crippen LogP contribution is 2.34. The molecular weight excluding hydrogens is 242 g/mol. The van der Waals surface area contributed by atoms with Gasteiger partial charge >= 0.3 is 0 Å². The lowest BCUT2D eigenvalue weighted by atomic mass is 10.3. The zero-order chi connectivity index (χ0) is 11.6. The van der Waals surface area contributed by atoms with E-state index in [4.69, 9.17) is 26.2 Å². The van der Waals surface area contributed by atoms with Crippen LogP contribution in [0.15, 0.2) is 17.0 Å². The van der Waals surface area contributed by atoms with Gasteiger partial charge in [-0.1, -0.05) is 11.6 Å². The van der Waals surface area contributed by atoms with Crippen molar-refractivity contribution in [3.8, 4) is 11.5 Å². The second-order valence-electron chi connectivity index (χ2n) is 2.68. The van der Waals surface area contributed by atoms with Crippen LogP contribution in [-0.4, -0.2) is 22.6 Å². The fourth-order valence-corrected chi connectivity index (χ4v) is 2.13. The molecule has 5 nitrogen and oxygen atoms in total. The molecule has 0 radical (unpaired) electrons. The van der Waals surface area contributed by atoms with Crippen LogP contribution < -0.4 is 14.6 Å². The van der Waals surface area contributed by atoms with Crippen LogP contribution in [0.1, 0.15) is 0 Å². The smallest absolute Gasteiger partial charge is 0.239 e. The lowest BCUT2D eigenvalue weighted by molar-refractivity contribution is 0.354. The van der Waals surface area contributed by atoms with Crippen LogP contribution in [0.5, 0.6) is 11.5 Å². The quantitative estimate of drug-likeness (QED) is 0.869. The van der Waals surface area contributed by atoms with Gasteiger partial charge in [0, 0.05) is 12.1 Å². The maximum atomic E-state index is 11.1. The second-order valence-corrected chi connectivity index (χ2v) is 4.62. The second kappa shape index (κ2) is 4.26. The molecule has 1 aromatic carbocycles. The van der Waals surface area contributed by atoms with Gasteiger partial charge in [0.1, 0.15) is 4.90 Å². The molecule has 1 rings (SSSR count). The Kier molecular flexibility index (Phi) is 3.43. The summed E-state index contributed by atoms with van der Waals surface area (Å²) in [5.74, 6) is 0.598. The van der Waals surface area contributed by atoms with E-state index in [0.717, 1.165) is 0 Å². The molecule has 0 saturated carbocycles. The summed E-state index contributed by atoms with van der Waals surface area (Å²) in [7, 11) is -1.05. The summed E-state index contributed by atoms with van der Waals surface area (Å²) in [6, 6.07) is 2.55. The first-order valence-electron chi connectivity index (χ1n) is 3.84. The third-order valence-corrected chi connectivity index (χ3v) is 3.12. The van der Waals surface area contributed by atoms with Crippen molar-refractivity contribution in [1.29, 1.82) is 0 Å². The van der Waals surface area contributed by atoms with E-state index in [-0.39, 0.29) is 15.7 Å². The number of ether oxygens (including phenoxy) is 2. The molecule has 2 N–H and O–H groups in total. The number of halogens is 1. The zero-order valence-electron chi connectivity index (χ0n) is 8.15. The number of primary sulfonamides is 1. The number of sulfonamides is 1. The number of rotatable bonds is 3. The molecule has 0 amide bonds. The topological polar surface area (TPSA) is 78.6 Å². The lowest BCUT2D eigenvalue weighted by Crippen LogP contribution is -2.13. The van der Waals surface area contributed by atoms with E-state index >= 15 is 0 Å². The minimum Gasteiger partial charge on any atom is -0.493 e. The molecule has 0 aliphatic heterocycles. The highest BCUT2D eigenvalue weighted by atomic mass is 35.5. The fourth-order valence-electron chi connectivity index (χ4n) is 1.05. The van der Waals surface area contributed by atoms with E-state index in [1.165, 1.54) is 26.4 Å². The van der Waals surface area contributed by atoms with Crippen LogP contribution in [0.25, 0.3) is 0 Å². The molecule has 0 atom stereocenters. The Morgan fingerprint density at radius 3 is 2.07 bits per heavy atom. The normalized spacial score (nSPS) is 11.2. The van der Waals surface area contributed by atoms with E-state index in [2.05, 4.69) is 0 Å². The Labute approximate surface area is 92.8 Å². The Morgan fingerprint density at radius 2 is 1.67 bits per heavy atom. The molecule has 1 aromatic rings. The first-order valence-corrected chi connectivity index (χ1v) is 5.77. The number of nitrogens with two attached hydrogens (primary N) is 1. The van der Waals surface area contributed by atoms with Crippen molar-refractivity contribution >= 4 is 21.6 Å². The van der Waals surface area contributed by atoms with Crippen LogP contribution in [-0.2, 0) is 10.0 Å². The van der Waals surface area contributed by atoms with Gasteiger partial charge in [-0.2, -0.15) is 0 Å². The molecule has 15 heavy (non-hydrogen) atoms. The molecule has 0 saturated heterocycles. The van der Waals surface area contributed by atoms with Crippen LogP contribution in [0.4, 0.5) is 0 Å². The SMILES string of the molecule is COc1cc(Cl)c(S(N)(=O)=O)cc1OC. The van der Waals surface area contributed by atoms with E-state index in [1.54, 1.807) is 0 Å². The Morgan fingerprint density at radius 1 is 1.20 bits per heavy atom. The Balaban J connectivity index is 3.46. The minimum absolute atomic E-state index is 0.00449. The number of benzene rings is 1. The summed E-state index contributed by atoms with van der Waals surface area (Å²) in [6.45, 7) is 0. The summed E-state index contributed by atoms with van der Waals surface area (Å²) in [6.07, 6.45) is 0. The highest BCUT2D eigenvalue weighted by Gasteiger charge is 2.17. The summed E-state index contributed by atoms with van der Waals surface area (Å²) in [5.41, 5.74) is 0. The Hall–Kier alpha value is -0.980. The maximum Gasteiger partial charge on any atom is 0.239 e. The van der Waals surface area contributed by atoms with Crippen molar-refractivity contribution in [1.82, 2.24) is 0 Å². The van der Waals surface area contributed by atoms with Gasteiger partial charge in [0.05, 0.1) is 19.2 Å². The van der Waals surface area contributed by atoms with E-state index in [1.807, 2.05) is 0 Å². The van der Waals surface area contributed by atoms with Crippen molar-refractivity contribution < 1.29 is 17.9 Å². The van der Waals surface area contributed by atoms with Crippen LogP contribution in [0, 0.1) is 0 Å². The van der Waals surface area contributed by atoms with Crippen LogP contribution >= 0.6 is 11.6 Å². The largest absolute Gasteiger partial charge is 0.493 e. The van der Waals surface area contributed by atoms with E-state index in [0.29, 0.717) is 5.75 Å². The summed E-state index contributed by atoms with van der Waals surface area (Å²) in [4.78, 5) is -0.193. The summed E-state index contributed by atoms with van der Waals surface area (Å²) >= 11 is 5.73. The fraction of sp³-hybridized carbons (Fsp3) is 0.250. The van der Waals surface area contributed by atoms with Gasteiger partial charge in [-0.25, -0.2) is 13.6 Å². The van der Waals surface area contributed by atoms with Gasteiger partial charge in [0.2, 0.25) is 10.0 Å². The summed E-state index contributed by atoms with van der Waals surface area (Å²) < 4.78 is 32.1. The van der Waals surface area contributed by atoms with Crippen molar-refractivity contribution in [3.63, 3.8) is 0 Å². The molecule has 0 spiro atoms. The zero-order valence-corrected chi connectivity index (χ0v) is 9.72. The van der Waals surface area contributed by atoms with Gasteiger partial charge in [-0.15, -0.1) is 0 Å². The van der Waals surface area contributed by atoms with Gasteiger partial charge in [-0.05, 0) is 0 Å². The van der Waals surface area contributed by atoms with E-state index < -0.39 is 10.0 Å². The van der Waals surface area contributed by atoms with Crippen LogP contribution in [0.3, 0.4) is 0 Å². The summed E-state index contributed by atoms with van der Waals surface area (Å²) in [5, 5.41) is 4.96. The predicted octanol–water partition coefficient (Wildman–Crippen LogP) is 1.00. The number of methoxy groups -OCH3 is 2. The molecule has 0 heterocycles. The average molecular weight is 252 g/mol. The molecule has 0 aliphatic rings. The standard InChI is InChI=1S/C8H10ClNO4S/c1-13-6-3-5(9)8(15(10,11)12)4-7(6)14-2/h3-4H,1-2H3,(H2,10,11,12). The molecule has 0 aliphatic carbocycles. The lowest BCUT2D eigenvalue weighted by Gasteiger charge is -2.10. The van der Waals surface area contributed by atoms with Gasteiger partial charge in [0.25, 0.3) is 0 Å². The van der Waals surface area contributed by atoms with Crippen molar-refractivity contribution in [2.24, 2.45) is 5.14 Å².